The van der Waals surface area contributed by atoms with Crippen molar-refractivity contribution in [2.24, 2.45) is 0 Å². The molecule has 1 aromatic rings. The normalized spacial score (nSPS) is 17.4. The molecule has 2 rings (SSSR count). The van der Waals surface area contributed by atoms with Crippen molar-refractivity contribution in [1.82, 2.24) is 9.62 Å². The fraction of sp³-hybridized carbons (Fsp3) is 0.500. The topological polar surface area (TPSA) is 84.9 Å². The predicted molar refractivity (Wildman–Crippen MR) is 99.5 cm³/mol. The van der Waals surface area contributed by atoms with Gasteiger partial charge in [-0.15, -0.1) is 0 Å². The van der Waals surface area contributed by atoms with E-state index in [0.717, 1.165) is 0 Å². The molecule has 1 aliphatic heterocycles. The second kappa shape index (κ2) is 10.2. The highest BCUT2D eigenvalue weighted by atomic mass is 32.2. The molecular weight excluding hydrogens is 413 g/mol. The smallest absolute Gasteiger partial charge is 0.379 e. The number of amides is 1. The average Bonchev–Trinajstić information content (AvgIpc) is 2.66. The van der Waals surface area contributed by atoms with E-state index in [1.54, 1.807) is 12.1 Å². The van der Waals surface area contributed by atoms with E-state index in [0.29, 0.717) is 31.9 Å². The summed E-state index contributed by atoms with van der Waals surface area (Å²) < 4.78 is 72.1. The van der Waals surface area contributed by atoms with Gasteiger partial charge in [0.05, 0.1) is 24.7 Å². The lowest BCUT2D eigenvalue weighted by Gasteiger charge is -2.26. The first-order valence-electron chi connectivity index (χ1n) is 8.89. The van der Waals surface area contributed by atoms with Crippen molar-refractivity contribution in [2.45, 2.75) is 24.0 Å². The molecule has 1 heterocycles. The van der Waals surface area contributed by atoms with Crippen LogP contribution in [0, 0.1) is 0 Å². The zero-order valence-corrected chi connectivity index (χ0v) is 16.6. The maximum atomic E-state index is 12.5. The minimum atomic E-state index is -4.41. The van der Waals surface area contributed by atoms with E-state index in [1.165, 1.54) is 35.5 Å². The van der Waals surface area contributed by atoms with E-state index in [-0.39, 0.29) is 11.5 Å². The molecule has 1 aromatic carbocycles. The Hall–Kier alpha value is -1.95. The van der Waals surface area contributed by atoms with E-state index in [9.17, 15) is 26.4 Å². The van der Waals surface area contributed by atoms with E-state index in [4.69, 9.17) is 4.74 Å². The van der Waals surface area contributed by atoms with Crippen LogP contribution in [0.25, 0.3) is 6.08 Å². The predicted octanol–water partition coefficient (Wildman–Crippen LogP) is 1.80. The van der Waals surface area contributed by atoms with Gasteiger partial charge in [0.25, 0.3) is 0 Å². The highest BCUT2D eigenvalue weighted by Gasteiger charge is 2.28. The molecule has 1 aliphatic rings. The highest BCUT2D eigenvalue weighted by Crippen LogP contribution is 2.18. The number of carbonyl (C=O) groups is 1. The van der Waals surface area contributed by atoms with Crippen molar-refractivity contribution < 1.29 is 35.9 Å². The molecule has 7 nitrogen and oxygen atoms in total. The zero-order chi connectivity index (χ0) is 21.5. The van der Waals surface area contributed by atoms with Crippen molar-refractivity contribution in [3.8, 4) is 0 Å². The van der Waals surface area contributed by atoms with Crippen molar-refractivity contribution in [3.63, 3.8) is 0 Å². The number of sulfonamides is 1. The van der Waals surface area contributed by atoms with Gasteiger partial charge in [-0.25, -0.2) is 8.42 Å². The van der Waals surface area contributed by atoms with Gasteiger partial charge >= 0.3 is 6.18 Å². The average molecular weight is 436 g/mol. The maximum Gasteiger partial charge on any atom is 0.411 e. The Morgan fingerprint density at radius 1 is 1.28 bits per heavy atom. The maximum absolute atomic E-state index is 12.5. The Kier molecular flexibility index (Phi) is 8.20. The Balaban J connectivity index is 1.86. The molecule has 1 N–H and O–H groups in total. The van der Waals surface area contributed by atoms with Gasteiger partial charge < -0.3 is 14.8 Å². The largest absolute Gasteiger partial charge is 0.411 e. The second-order valence-corrected chi connectivity index (χ2v) is 8.40. The number of hydrogen-bond donors (Lipinski definition) is 1. The van der Waals surface area contributed by atoms with Gasteiger partial charge in [0, 0.05) is 25.2 Å². The first kappa shape index (κ1) is 23.3. The summed E-state index contributed by atoms with van der Waals surface area (Å²) in [5.74, 6) is -0.502. The van der Waals surface area contributed by atoms with E-state index >= 15 is 0 Å². The van der Waals surface area contributed by atoms with Crippen molar-refractivity contribution in [3.05, 3.63) is 35.9 Å². The summed E-state index contributed by atoms with van der Waals surface area (Å²) in [5.41, 5.74) is 0.599. The SMILES string of the molecule is CC(COCC(F)(F)F)NC(=O)/C=C/c1ccc(S(=O)(=O)N2CCOCC2)cc1. The Morgan fingerprint density at radius 3 is 2.48 bits per heavy atom. The van der Waals surface area contributed by atoms with Crippen LogP contribution in [0.2, 0.25) is 0 Å². The minimum absolute atomic E-state index is 0.149. The third kappa shape index (κ3) is 7.77. The third-order valence-electron chi connectivity index (χ3n) is 3.94. The summed E-state index contributed by atoms with van der Waals surface area (Å²) in [6, 6.07) is 5.43. The molecule has 29 heavy (non-hydrogen) atoms. The monoisotopic (exact) mass is 436 g/mol. The molecule has 0 aromatic heterocycles. The summed E-state index contributed by atoms with van der Waals surface area (Å²) >= 11 is 0. The lowest BCUT2D eigenvalue weighted by Crippen LogP contribution is -2.40. The lowest BCUT2D eigenvalue weighted by molar-refractivity contribution is -0.175. The fourth-order valence-corrected chi connectivity index (χ4v) is 3.95. The van der Waals surface area contributed by atoms with Crippen LogP contribution in [0.4, 0.5) is 13.2 Å². The van der Waals surface area contributed by atoms with Gasteiger partial charge in [-0.05, 0) is 30.7 Å². The summed E-state index contributed by atoms with van der Waals surface area (Å²) in [7, 11) is -3.59. The molecule has 1 saturated heterocycles. The van der Waals surface area contributed by atoms with Gasteiger partial charge in [-0.3, -0.25) is 4.79 Å². The number of alkyl halides is 3. The molecule has 1 fully saturated rings. The van der Waals surface area contributed by atoms with Crippen LogP contribution < -0.4 is 5.32 Å². The number of hydrogen-bond acceptors (Lipinski definition) is 5. The number of rotatable bonds is 8. The molecule has 1 amide bonds. The number of ether oxygens (including phenoxy) is 2. The second-order valence-electron chi connectivity index (χ2n) is 6.46. The molecule has 1 atom stereocenters. The van der Waals surface area contributed by atoms with Gasteiger partial charge in [0.15, 0.2) is 0 Å². The van der Waals surface area contributed by atoms with E-state index in [2.05, 4.69) is 10.1 Å². The van der Waals surface area contributed by atoms with Crippen LogP contribution in [0.3, 0.4) is 0 Å². The van der Waals surface area contributed by atoms with Crippen LogP contribution in [0.1, 0.15) is 12.5 Å². The van der Waals surface area contributed by atoms with Crippen LogP contribution in [-0.4, -0.2) is 70.4 Å². The highest BCUT2D eigenvalue weighted by molar-refractivity contribution is 7.89. The first-order chi connectivity index (χ1) is 13.6. The quantitative estimate of drug-likeness (QED) is 0.629. The standard InChI is InChI=1S/C18H23F3N2O5S/c1-14(12-28-13-18(19,20)21)22-17(24)7-4-15-2-5-16(6-3-15)29(25,26)23-8-10-27-11-9-23/h2-7,14H,8-13H2,1H3,(H,22,24)/b7-4+. The van der Waals surface area contributed by atoms with Crippen molar-refractivity contribution >= 4 is 22.0 Å². The van der Waals surface area contributed by atoms with E-state index in [1.807, 2.05) is 0 Å². The number of benzene rings is 1. The van der Waals surface area contributed by atoms with Gasteiger partial charge in [0.2, 0.25) is 15.9 Å². The number of halogens is 3. The number of nitrogens with zero attached hydrogens (tertiary/aromatic N) is 1. The Labute approximate surface area is 167 Å². The first-order valence-corrected chi connectivity index (χ1v) is 10.3. The summed E-state index contributed by atoms with van der Waals surface area (Å²) in [5, 5.41) is 2.48. The van der Waals surface area contributed by atoms with Gasteiger partial charge in [-0.2, -0.15) is 17.5 Å². The molecule has 11 heteroatoms. The summed E-state index contributed by atoms with van der Waals surface area (Å²) in [6.07, 6.45) is -1.72. The van der Waals surface area contributed by atoms with Crippen molar-refractivity contribution in [2.75, 3.05) is 39.5 Å². The summed E-state index contributed by atoms with van der Waals surface area (Å²) in [4.78, 5) is 12.0. The van der Waals surface area contributed by atoms with Crippen molar-refractivity contribution in [1.29, 1.82) is 0 Å². The molecular formula is C18H23F3N2O5S. The van der Waals surface area contributed by atoms with Crippen LogP contribution >= 0.6 is 0 Å². The van der Waals surface area contributed by atoms with Crippen LogP contribution in [0.15, 0.2) is 35.2 Å². The van der Waals surface area contributed by atoms with Gasteiger partial charge in [-0.1, -0.05) is 12.1 Å². The van der Waals surface area contributed by atoms with Crippen LogP contribution in [-0.2, 0) is 24.3 Å². The lowest BCUT2D eigenvalue weighted by atomic mass is 10.2. The van der Waals surface area contributed by atoms with E-state index < -0.39 is 34.8 Å². The molecule has 0 bridgehead atoms. The number of nitrogens with one attached hydrogen (secondary N) is 1. The Bertz CT molecular complexity index is 804. The molecule has 1 unspecified atom stereocenters. The Morgan fingerprint density at radius 2 is 1.90 bits per heavy atom. The summed E-state index contributed by atoms with van der Waals surface area (Å²) in [6.45, 7) is 1.19. The fourth-order valence-electron chi connectivity index (χ4n) is 2.54. The third-order valence-corrected chi connectivity index (χ3v) is 5.85. The number of morpholine rings is 1. The molecule has 0 saturated carbocycles. The molecule has 0 spiro atoms. The molecule has 0 aliphatic carbocycles. The zero-order valence-electron chi connectivity index (χ0n) is 15.8. The number of carbonyl (C=O) groups excluding carboxylic acids is 1. The van der Waals surface area contributed by atoms with Crippen LogP contribution in [0.5, 0.6) is 0 Å². The molecule has 0 radical (unpaired) electrons. The molecule has 162 valence electrons. The minimum Gasteiger partial charge on any atom is -0.379 e. The van der Waals surface area contributed by atoms with Gasteiger partial charge in [0.1, 0.15) is 6.61 Å².